The molecule has 1 rings (SSSR count). The quantitative estimate of drug-likeness (QED) is 0.593. The molecule has 6 nitrogen and oxygen atoms in total. The van der Waals surface area contributed by atoms with E-state index in [0.29, 0.717) is 11.4 Å². The lowest BCUT2D eigenvalue weighted by Crippen LogP contribution is -2.17. The first-order valence-corrected chi connectivity index (χ1v) is 7.01. The van der Waals surface area contributed by atoms with E-state index in [0.717, 1.165) is 0 Å². The summed E-state index contributed by atoms with van der Waals surface area (Å²) >= 11 is 0. The molecule has 18 heavy (non-hydrogen) atoms. The molecule has 7 heteroatoms. The summed E-state index contributed by atoms with van der Waals surface area (Å²) in [6.45, 7) is 0. The van der Waals surface area contributed by atoms with E-state index in [-0.39, 0.29) is 18.6 Å². The number of hydrogen-bond donors (Lipinski definition) is 2. The molecule has 0 radical (unpaired) electrons. The Morgan fingerprint density at radius 3 is 2.78 bits per heavy atom. The predicted octanol–water partition coefficient (Wildman–Crippen LogP) is 0.964. The Balaban J connectivity index is 2.52. The molecule has 1 aromatic carbocycles. The van der Waals surface area contributed by atoms with Crippen LogP contribution in [0.25, 0.3) is 0 Å². The highest BCUT2D eigenvalue weighted by molar-refractivity contribution is 7.92. The van der Waals surface area contributed by atoms with Crippen molar-refractivity contribution in [3.05, 3.63) is 24.3 Å². The molecule has 0 aliphatic carbocycles. The second-order valence-corrected chi connectivity index (χ2v) is 5.57. The van der Waals surface area contributed by atoms with Crippen LogP contribution in [0.2, 0.25) is 0 Å². The molecule has 0 unspecified atom stereocenters. The summed E-state index contributed by atoms with van der Waals surface area (Å²) in [6, 6.07) is 6.45. The van der Waals surface area contributed by atoms with Crippen LogP contribution < -0.4 is 10.5 Å². The van der Waals surface area contributed by atoms with E-state index in [1.807, 2.05) is 0 Å². The van der Waals surface area contributed by atoms with E-state index < -0.39 is 16.0 Å². The van der Waals surface area contributed by atoms with Crippen LogP contribution in [0.3, 0.4) is 0 Å². The maximum Gasteiger partial charge on any atom is 0.305 e. The number of carbonyl (C=O) groups excluding carboxylic acids is 1. The van der Waals surface area contributed by atoms with Crippen LogP contribution in [0.1, 0.15) is 12.8 Å². The van der Waals surface area contributed by atoms with Gasteiger partial charge in [0, 0.05) is 12.1 Å². The minimum absolute atomic E-state index is 0.0777. The van der Waals surface area contributed by atoms with Gasteiger partial charge in [-0.3, -0.25) is 9.52 Å². The van der Waals surface area contributed by atoms with Gasteiger partial charge in [0.15, 0.2) is 0 Å². The van der Waals surface area contributed by atoms with Crippen molar-refractivity contribution in [2.24, 2.45) is 0 Å². The summed E-state index contributed by atoms with van der Waals surface area (Å²) in [4.78, 5) is 10.8. The minimum Gasteiger partial charge on any atom is -0.469 e. The maximum absolute atomic E-state index is 11.7. The predicted molar refractivity (Wildman–Crippen MR) is 69.5 cm³/mol. The number of methoxy groups -OCH3 is 1. The van der Waals surface area contributed by atoms with Gasteiger partial charge in [0.2, 0.25) is 10.0 Å². The monoisotopic (exact) mass is 272 g/mol. The standard InChI is InChI=1S/C11H16N2O4S/c1-17-11(14)6-3-7-18(15,16)13-10-5-2-4-9(12)8-10/h2,4-5,8,13H,3,6-7,12H2,1H3. The zero-order valence-corrected chi connectivity index (χ0v) is 10.9. The summed E-state index contributed by atoms with van der Waals surface area (Å²) in [6.07, 6.45) is 0.290. The Morgan fingerprint density at radius 1 is 1.44 bits per heavy atom. The fraction of sp³-hybridized carbons (Fsp3) is 0.364. The Labute approximate surface area is 106 Å². The highest BCUT2D eigenvalue weighted by atomic mass is 32.2. The number of nitrogen functional groups attached to an aromatic ring is 1. The van der Waals surface area contributed by atoms with Gasteiger partial charge < -0.3 is 10.5 Å². The molecule has 1 aromatic rings. The van der Waals surface area contributed by atoms with Gasteiger partial charge in [0.05, 0.1) is 18.6 Å². The second kappa shape index (κ2) is 6.25. The van der Waals surface area contributed by atoms with Gasteiger partial charge in [-0.25, -0.2) is 8.42 Å². The van der Waals surface area contributed by atoms with Crippen LogP contribution >= 0.6 is 0 Å². The summed E-state index contributed by atoms with van der Waals surface area (Å²) in [5, 5.41) is 0. The van der Waals surface area contributed by atoms with Crippen molar-refractivity contribution in [2.45, 2.75) is 12.8 Å². The van der Waals surface area contributed by atoms with E-state index in [2.05, 4.69) is 9.46 Å². The van der Waals surface area contributed by atoms with E-state index in [1.165, 1.54) is 13.2 Å². The number of benzene rings is 1. The Kier molecular flexibility index (Phi) is 4.96. The summed E-state index contributed by atoms with van der Waals surface area (Å²) in [5.74, 6) is -0.564. The molecule has 0 saturated carbocycles. The molecule has 0 fully saturated rings. The molecule has 0 heterocycles. The highest BCUT2D eigenvalue weighted by Crippen LogP contribution is 2.14. The number of carbonyl (C=O) groups is 1. The Morgan fingerprint density at radius 2 is 2.17 bits per heavy atom. The Bertz CT molecular complexity index is 514. The van der Waals surface area contributed by atoms with E-state index in [9.17, 15) is 13.2 Å². The van der Waals surface area contributed by atoms with Crippen LogP contribution in [-0.2, 0) is 19.6 Å². The molecule has 0 aliphatic heterocycles. The molecule has 0 spiro atoms. The third kappa shape index (κ3) is 5.05. The van der Waals surface area contributed by atoms with Crippen molar-refractivity contribution < 1.29 is 17.9 Å². The van der Waals surface area contributed by atoms with Crippen molar-refractivity contribution >= 4 is 27.4 Å². The van der Waals surface area contributed by atoms with Gasteiger partial charge in [-0.2, -0.15) is 0 Å². The van der Waals surface area contributed by atoms with Gasteiger partial charge in [-0.1, -0.05) is 6.07 Å². The molecule has 0 amide bonds. The van der Waals surface area contributed by atoms with Gasteiger partial charge in [-0.15, -0.1) is 0 Å². The number of anilines is 2. The van der Waals surface area contributed by atoms with Crippen molar-refractivity contribution in [3.8, 4) is 0 Å². The fourth-order valence-electron chi connectivity index (χ4n) is 1.34. The third-order valence-corrected chi connectivity index (χ3v) is 3.55. The average Bonchev–Trinajstić information content (AvgIpc) is 2.27. The van der Waals surface area contributed by atoms with Gasteiger partial charge in [0.25, 0.3) is 0 Å². The second-order valence-electron chi connectivity index (χ2n) is 3.73. The van der Waals surface area contributed by atoms with Crippen molar-refractivity contribution in [1.29, 1.82) is 0 Å². The molecular weight excluding hydrogens is 256 g/mol. The van der Waals surface area contributed by atoms with Crippen LogP contribution in [0.4, 0.5) is 11.4 Å². The Hall–Kier alpha value is -1.76. The topological polar surface area (TPSA) is 98.5 Å². The smallest absolute Gasteiger partial charge is 0.305 e. The van der Waals surface area contributed by atoms with E-state index in [4.69, 9.17) is 5.73 Å². The molecule has 3 N–H and O–H groups in total. The zero-order valence-electron chi connectivity index (χ0n) is 10.0. The summed E-state index contributed by atoms with van der Waals surface area (Å²) < 4.78 is 30.2. The van der Waals surface area contributed by atoms with Crippen molar-refractivity contribution in [2.75, 3.05) is 23.3 Å². The highest BCUT2D eigenvalue weighted by Gasteiger charge is 2.11. The molecular formula is C11H16N2O4S. The normalized spacial score (nSPS) is 10.9. The average molecular weight is 272 g/mol. The summed E-state index contributed by atoms with van der Waals surface area (Å²) in [7, 11) is -2.20. The van der Waals surface area contributed by atoms with Crippen LogP contribution in [0, 0.1) is 0 Å². The number of nitrogens with one attached hydrogen (secondary N) is 1. The molecule has 0 saturated heterocycles. The largest absolute Gasteiger partial charge is 0.469 e. The molecule has 0 bridgehead atoms. The zero-order chi connectivity index (χ0) is 13.6. The first-order chi connectivity index (χ1) is 8.43. The van der Waals surface area contributed by atoms with Crippen LogP contribution in [0.5, 0.6) is 0 Å². The first kappa shape index (κ1) is 14.3. The molecule has 0 aliphatic rings. The lowest BCUT2D eigenvalue weighted by atomic mass is 10.3. The van der Waals surface area contributed by atoms with Gasteiger partial charge in [-0.05, 0) is 24.6 Å². The van der Waals surface area contributed by atoms with Crippen LogP contribution in [-0.4, -0.2) is 27.2 Å². The number of nitrogens with two attached hydrogens (primary N) is 1. The number of ether oxygens (including phenoxy) is 1. The number of rotatable bonds is 6. The van der Waals surface area contributed by atoms with Gasteiger partial charge in [0.1, 0.15) is 0 Å². The first-order valence-electron chi connectivity index (χ1n) is 5.36. The third-order valence-electron chi connectivity index (χ3n) is 2.18. The van der Waals surface area contributed by atoms with Crippen molar-refractivity contribution in [3.63, 3.8) is 0 Å². The minimum atomic E-state index is -3.47. The lowest BCUT2D eigenvalue weighted by Gasteiger charge is -2.08. The fourth-order valence-corrected chi connectivity index (χ4v) is 2.45. The van der Waals surface area contributed by atoms with E-state index >= 15 is 0 Å². The van der Waals surface area contributed by atoms with Crippen molar-refractivity contribution in [1.82, 2.24) is 0 Å². The van der Waals surface area contributed by atoms with Crippen LogP contribution in [0.15, 0.2) is 24.3 Å². The number of hydrogen-bond acceptors (Lipinski definition) is 5. The molecule has 0 atom stereocenters. The van der Waals surface area contributed by atoms with Gasteiger partial charge >= 0.3 is 5.97 Å². The van der Waals surface area contributed by atoms with E-state index in [1.54, 1.807) is 18.2 Å². The maximum atomic E-state index is 11.7. The lowest BCUT2D eigenvalue weighted by molar-refractivity contribution is -0.140. The SMILES string of the molecule is COC(=O)CCCS(=O)(=O)Nc1cccc(N)c1. The summed E-state index contributed by atoms with van der Waals surface area (Å²) in [5.41, 5.74) is 6.43. The molecule has 0 aromatic heterocycles. The number of esters is 1. The molecule has 100 valence electrons. The number of sulfonamides is 1.